The molecular weight excluding hydrogens is 134 g/mol. The van der Waals surface area contributed by atoms with Crippen LogP contribution in [0.5, 0.6) is 5.88 Å². The molecule has 4 N–H and O–H groups in total. The van der Waals surface area contributed by atoms with Crippen molar-refractivity contribution in [3.8, 4) is 5.88 Å². The fourth-order valence-electron chi connectivity index (χ4n) is 0.656. The lowest BCUT2D eigenvalue weighted by molar-refractivity contribution is -0.390. The monoisotopic (exact) mass is 142 g/mol. The smallest absolute Gasteiger partial charge is 0.335 e. The van der Waals surface area contributed by atoms with Crippen molar-refractivity contribution in [3.63, 3.8) is 0 Å². The summed E-state index contributed by atoms with van der Waals surface area (Å²) in [6, 6.07) is 0. The third kappa shape index (κ3) is 0.928. The van der Waals surface area contributed by atoms with Gasteiger partial charge in [0.05, 0.1) is 7.11 Å². The number of rotatable bonds is 2. The number of H-pyrrole nitrogens is 2. The second kappa shape index (κ2) is 2.38. The van der Waals surface area contributed by atoms with Gasteiger partial charge in [-0.05, 0) is 0 Å². The Labute approximate surface area is 57.2 Å². The number of carbonyl (C=O) groups is 1. The van der Waals surface area contributed by atoms with Gasteiger partial charge >= 0.3 is 5.88 Å². The third-order valence-electron chi connectivity index (χ3n) is 1.10. The molecule has 0 aliphatic carbocycles. The molecule has 54 valence electrons. The molecule has 0 radical (unpaired) electrons. The zero-order chi connectivity index (χ0) is 7.56. The Hall–Kier alpha value is -1.52. The summed E-state index contributed by atoms with van der Waals surface area (Å²) in [5.41, 5.74) is 5.22. The van der Waals surface area contributed by atoms with Crippen LogP contribution in [0.4, 0.5) is 0 Å². The van der Waals surface area contributed by atoms with Crippen molar-refractivity contribution >= 4 is 5.91 Å². The number of carbonyl (C=O) groups excluding carboxylic acids is 1. The van der Waals surface area contributed by atoms with Crippen LogP contribution in [0, 0.1) is 0 Å². The van der Waals surface area contributed by atoms with E-state index in [9.17, 15) is 4.79 Å². The lowest BCUT2D eigenvalue weighted by Crippen LogP contribution is -2.14. The summed E-state index contributed by atoms with van der Waals surface area (Å²) in [6.07, 6.45) is 1.47. The number of amides is 1. The molecule has 0 unspecified atom stereocenters. The lowest BCUT2D eigenvalue weighted by atomic mass is 10.4. The fraction of sp³-hybridized carbons (Fsp3) is 0.200. The SMILES string of the molecule is COc1[nH+]c[nH]c1C(N)=O. The average molecular weight is 142 g/mol. The van der Waals surface area contributed by atoms with E-state index < -0.39 is 5.91 Å². The molecule has 10 heavy (non-hydrogen) atoms. The predicted molar refractivity (Wildman–Crippen MR) is 32.4 cm³/mol. The van der Waals surface area contributed by atoms with Crippen LogP contribution in [0.2, 0.25) is 0 Å². The van der Waals surface area contributed by atoms with Crippen molar-refractivity contribution < 1.29 is 14.5 Å². The van der Waals surface area contributed by atoms with E-state index in [0.29, 0.717) is 5.88 Å². The molecule has 0 atom stereocenters. The summed E-state index contributed by atoms with van der Waals surface area (Å²) >= 11 is 0. The van der Waals surface area contributed by atoms with Crippen molar-refractivity contribution in [2.24, 2.45) is 5.73 Å². The van der Waals surface area contributed by atoms with E-state index in [1.807, 2.05) is 0 Å². The topological polar surface area (TPSA) is 82.2 Å². The van der Waals surface area contributed by atoms with Crippen LogP contribution < -0.4 is 15.5 Å². The second-order valence-corrected chi connectivity index (χ2v) is 1.71. The Morgan fingerprint density at radius 3 is 3.00 bits per heavy atom. The second-order valence-electron chi connectivity index (χ2n) is 1.71. The number of aromatic nitrogens is 2. The minimum absolute atomic E-state index is 0.252. The summed E-state index contributed by atoms with van der Waals surface area (Å²) < 4.78 is 4.76. The largest absolute Gasteiger partial charge is 0.462 e. The minimum Gasteiger partial charge on any atom is -0.462 e. The Kier molecular flexibility index (Phi) is 1.57. The van der Waals surface area contributed by atoms with E-state index in [4.69, 9.17) is 10.5 Å². The highest BCUT2D eigenvalue weighted by molar-refractivity contribution is 5.92. The molecule has 0 saturated heterocycles. The standard InChI is InChI=1S/C5H7N3O2/c1-10-5-3(4(6)9)7-2-8-5/h2H,1H3,(H2,6,9)(H,7,8)/p+1. The first-order chi connectivity index (χ1) is 4.75. The average Bonchev–Trinajstić information content (AvgIpc) is 2.33. The zero-order valence-corrected chi connectivity index (χ0v) is 5.47. The number of nitrogens with one attached hydrogen (secondary N) is 2. The van der Waals surface area contributed by atoms with Crippen LogP contribution in [0.1, 0.15) is 10.5 Å². The molecule has 0 aliphatic heterocycles. The van der Waals surface area contributed by atoms with Gasteiger partial charge in [-0.2, -0.15) is 0 Å². The van der Waals surface area contributed by atoms with Gasteiger partial charge in [-0.1, -0.05) is 0 Å². The van der Waals surface area contributed by atoms with E-state index in [1.165, 1.54) is 13.4 Å². The summed E-state index contributed by atoms with van der Waals surface area (Å²) in [6.45, 7) is 0. The molecule has 5 nitrogen and oxygen atoms in total. The van der Waals surface area contributed by atoms with Gasteiger partial charge in [-0.25, -0.2) is 9.97 Å². The predicted octanol–water partition coefficient (Wildman–Crippen LogP) is -1.06. The van der Waals surface area contributed by atoms with Gasteiger partial charge in [-0.3, -0.25) is 4.79 Å². The van der Waals surface area contributed by atoms with Gasteiger partial charge in [-0.15, -0.1) is 0 Å². The van der Waals surface area contributed by atoms with Crippen molar-refractivity contribution in [3.05, 3.63) is 12.0 Å². The van der Waals surface area contributed by atoms with Crippen molar-refractivity contribution in [1.82, 2.24) is 4.98 Å². The quantitative estimate of drug-likeness (QED) is 0.551. The summed E-state index contributed by atoms with van der Waals surface area (Å²) in [7, 11) is 1.45. The first-order valence-electron chi connectivity index (χ1n) is 2.68. The maximum absolute atomic E-state index is 10.5. The fourth-order valence-corrected chi connectivity index (χ4v) is 0.656. The summed E-state index contributed by atoms with van der Waals surface area (Å²) in [4.78, 5) is 15.8. The van der Waals surface area contributed by atoms with Crippen molar-refractivity contribution in [2.45, 2.75) is 0 Å². The van der Waals surface area contributed by atoms with E-state index in [0.717, 1.165) is 0 Å². The molecule has 1 heterocycles. The number of methoxy groups -OCH3 is 1. The van der Waals surface area contributed by atoms with Crippen LogP contribution in [-0.2, 0) is 0 Å². The maximum Gasteiger partial charge on any atom is 0.335 e. The van der Waals surface area contributed by atoms with E-state index in [1.54, 1.807) is 0 Å². The molecular formula is C5H8N3O2+. The molecule has 0 aliphatic rings. The molecule has 0 bridgehead atoms. The summed E-state index contributed by atoms with van der Waals surface area (Å²) in [5, 5.41) is 0. The lowest BCUT2D eigenvalue weighted by Gasteiger charge is -1.88. The number of hydrogen-bond donors (Lipinski definition) is 2. The molecule has 0 spiro atoms. The van der Waals surface area contributed by atoms with Crippen LogP contribution >= 0.6 is 0 Å². The Morgan fingerprint density at radius 2 is 2.60 bits per heavy atom. The van der Waals surface area contributed by atoms with Crippen LogP contribution in [0.15, 0.2) is 6.33 Å². The van der Waals surface area contributed by atoms with Gasteiger partial charge in [0.25, 0.3) is 11.6 Å². The third-order valence-corrected chi connectivity index (χ3v) is 1.10. The Morgan fingerprint density at radius 1 is 1.90 bits per heavy atom. The van der Waals surface area contributed by atoms with Gasteiger partial charge in [0.15, 0.2) is 0 Å². The molecule has 1 rings (SSSR count). The zero-order valence-electron chi connectivity index (χ0n) is 5.47. The molecule has 0 aromatic carbocycles. The number of aromatic amines is 2. The van der Waals surface area contributed by atoms with Gasteiger partial charge in [0.2, 0.25) is 6.33 Å². The first kappa shape index (κ1) is 6.60. The van der Waals surface area contributed by atoms with Crippen molar-refractivity contribution in [2.75, 3.05) is 7.11 Å². The Balaban J connectivity index is 3.01. The first-order valence-corrected chi connectivity index (χ1v) is 2.68. The highest BCUT2D eigenvalue weighted by atomic mass is 16.5. The van der Waals surface area contributed by atoms with Gasteiger partial charge in [0.1, 0.15) is 0 Å². The highest BCUT2D eigenvalue weighted by Crippen LogP contribution is 2.04. The van der Waals surface area contributed by atoms with Crippen LogP contribution in [0.3, 0.4) is 0 Å². The number of primary amides is 1. The van der Waals surface area contributed by atoms with E-state index in [-0.39, 0.29) is 5.69 Å². The number of imidazole rings is 1. The van der Waals surface area contributed by atoms with Gasteiger partial charge < -0.3 is 10.5 Å². The number of nitrogens with two attached hydrogens (primary N) is 1. The Bertz CT molecular complexity index is 243. The molecule has 1 amide bonds. The molecule has 0 saturated carbocycles. The molecule has 1 aromatic rings. The minimum atomic E-state index is -0.543. The molecule has 0 fully saturated rings. The maximum atomic E-state index is 10.5. The highest BCUT2D eigenvalue weighted by Gasteiger charge is 2.16. The van der Waals surface area contributed by atoms with Crippen LogP contribution in [0.25, 0.3) is 0 Å². The molecule has 5 heteroatoms. The van der Waals surface area contributed by atoms with Crippen LogP contribution in [-0.4, -0.2) is 18.0 Å². The van der Waals surface area contributed by atoms with Gasteiger partial charge in [0, 0.05) is 0 Å². The number of ether oxygens (including phenoxy) is 1. The number of hydrogen-bond acceptors (Lipinski definition) is 2. The van der Waals surface area contributed by atoms with E-state index >= 15 is 0 Å². The summed E-state index contributed by atoms with van der Waals surface area (Å²) in [5.74, 6) is -0.189. The molecule has 1 aromatic heterocycles. The van der Waals surface area contributed by atoms with Crippen molar-refractivity contribution in [1.29, 1.82) is 0 Å². The normalized spacial score (nSPS) is 9.30. The van der Waals surface area contributed by atoms with E-state index in [2.05, 4.69) is 9.97 Å².